The number of carbonyl (C=O) groups excluding carboxylic acids is 1. The summed E-state index contributed by atoms with van der Waals surface area (Å²) in [5, 5.41) is 24.6. The Bertz CT molecular complexity index is 99.6. The maximum absolute atomic E-state index is 8.92. The summed E-state index contributed by atoms with van der Waals surface area (Å²) in [7, 11) is 0. The zero-order valence-corrected chi connectivity index (χ0v) is 6.42. The summed E-state index contributed by atoms with van der Waals surface area (Å²) in [5.74, 6) is 0. The number of aliphatic hydroxyl groups excluding tert-OH is 3. The van der Waals surface area contributed by atoms with E-state index in [1.165, 1.54) is 0 Å². The van der Waals surface area contributed by atoms with Crippen LogP contribution in [0.2, 0.25) is 0 Å². The molecule has 1 fully saturated rings. The molecule has 3 N–H and O–H groups in total. The Morgan fingerprint density at radius 2 is 1.54 bits per heavy atom. The van der Waals surface area contributed by atoms with E-state index >= 15 is 0 Å². The van der Waals surface area contributed by atoms with Crippen LogP contribution < -0.4 is 0 Å². The molecule has 0 aromatic rings. The highest BCUT2D eigenvalue weighted by Crippen LogP contribution is 2.00. The molecule has 0 aliphatic carbocycles. The van der Waals surface area contributed by atoms with Crippen molar-refractivity contribution in [3.63, 3.8) is 0 Å². The van der Waals surface area contributed by atoms with Gasteiger partial charge < -0.3 is 29.6 Å². The van der Waals surface area contributed by atoms with Crippen molar-refractivity contribution in [3.05, 3.63) is 0 Å². The van der Waals surface area contributed by atoms with Crippen molar-refractivity contribution in [2.24, 2.45) is 0 Å². The van der Waals surface area contributed by atoms with Gasteiger partial charge in [0.1, 0.15) is 19.5 Å². The highest BCUT2D eigenvalue weighted by Gasteiger charge is 2.16. The monoisotopic (exact) mass is 196 g/mol. The van der Waals surface area contributed by atoms with E-state index in [0.717, 1.165) is 0 Å². The minimum atomic E-state index is -0.863. The van der Waals surface area contributed by atoms with Gasteiger partial charge in [0.2, 0.25) is 0 Å². The van der Waals surface area contributed by atoms with E-state index in [1.54, 1.807) is 0 Å². The molecule has 1 heterocycles. The van der Waals surface area contributed by atoms with Crippen LogP contribution in [0.5, 0.6) is 0 Å². The van der Waals surface area contributed by atoms with Crippen molar-refractivity contribution >= 4 is 6.29 Å². The van der Waals surface area contributed by atoms with Crippen LogP contribution in [0, 0.1) is 0 Å². The smallest absolute Gasteiger partial charge is 0.178 e. The summed E-state index contributed by atoms with van der Waals surface area (Å²) in [6, 6.07) is 0. The third kappa shape index (κ3) is 9.38. The van der Waals surface area contributed by atoms with Crippen LogP contribution in [-0.4, -0.2) is 54.0 Å². The topological polar surface area (TPSA) is 96.2 Å². The Kier molecular flexibility index (Phi) is 11.0. The first kappa shape index (κ1) is 15.0. The van der Waals surface area contributed by atoms with E-state index in [2.05, 4.69) is 9.47 Å². The zero-order valence-electron chi connectivity index (χ0n) is 6.42. The lowest BCUT2D eigenvalue weighted by atomic mass is 10.5. The summed E-state index contributed by atoms with van der Waals surface area (Å²) in [6.45, 7) is -0.248. The Balaban J connectivity index is 0. The van der Waals surface area contributed by atoms with Crippen molar-refractivity contribution in [2.45, 2.75) is 20.0 Å². The first-order valence-corrected chi connectivity index (χ1v) is 3.34. The molecule has 6 nitrogen and oxygen atoms in total. The largest absolute Gasteiger partial charge is 0.389 e. The molecule has 2 unspecified atom stereocenters. The van der Waals surface area contributed by atoms with Gasteiger partial charge in [-0.25, -0.2) is 0 Å². The highest BCUT2D eigenvalue weighted by molar-refractivity contribution is 5.49. The predicted molar refractivity (Wildman–Crippen MR) is 43.8 cm³/mol. The molecule has 0 saturated carbocycles. The van der Waals surface area contributed by atoms with Crippen molar-refractivity contribution in [3.8, 4) is 0 Å². The number of ether oxygens (including phenoxy) is 2. The second-order valence-electron chi connectivity index (χ2n) is 1.93. The molecular weight excluding hydrogens is 180 g/mol. The fourth-order valence-electron chi connectivity index (χ4n) is 0.483. The van der Waals surface area contributed by atoms with E-state index in [0.29, 0.717) is 6.29 Å². The van der Waals surface area contributed by atoms with Crippen molar-refractivity contribution in [2.75, 3.05) is 19.8 Å². The number of hydrogen-bond acceptors (Lipinski definition) is 6. The van der Waals surface area contributed by atoms with Gasteiger partial charge in [-0.3, -0.25) is 0 Å². The molecule has 0 amide bonds. The van der Waals surface area contributed by atoms with Crippen molar-refractivity contribution in [1.82, 2.24) is 0 Å². The molecule has 0 radical (unpaired) electrons. The second-order valence-corrected chi connectivity index (χ2v) is 1.93. The molecular formula is C7H16O6. The van der Waals surface area contributed by atoms with Gasteiger partial charge in [0, 0.05) is 0 Å². The van der Waals surface area contributed by atoms with Crippen LogP contribution in [0.3, 0.4) is 0 Å². The molecule has 1 rings (SSSR count). The van der Waals surface area contributed by atoms with E-state index in [9.17, 15) is 0 Å². The minimum absolute atomic E-state index is 0. The van der Waals surface area contributed by atoms with Crippen molar-refractivity contribution < 1.29 is 29.6 Å². The predicted octanol–water partition coefficient (Wildman–Crippen LogP) is -1.52. The molecule has 6 heteroatoms. The van der Waals surface area contributed by atoms with Gasteiger partial charge in [0.05, 0.1) is 6.61 Å². The summed E-state index contributed by atoms with van der Waals surface area (Å²) < 4.78 is 9.14. The number of aliphatic hydroxyl groups is 3. The van der Waals surface area contributed by atoms with E-state index in [1.807, 2.05) is 0 Å². The first-order chi connectivity index (χ1) is 5.70. The fourth-order valence-corrected chi connectivity index (χ4v) is 0.483. The van der Waals surface area contributed by atoms with Gasteiger partial charge >= 0.3 is 0 Å². The number of rotatable bonds is 1. The van der Waals surface area contributed by atoms with Crippen LogP contribution in [-0.2, 0) is 14.3 Å². The molecule has 0 aromatic carbocycles. The van der Waals surface area contributed by atoms with Crippen molar-refractivity contribution in [1.29, 1.82) is 0 Å². The summed E-state index contributed by atoms with van der Waals surface area (Å²) in [6.07, 6.45) is -1.29. The maximum Gasteiger partial charge on any atom is 0.178 e. The van der Waals surface area contributed by atoms with E-state index < -0.39 is 12.6 Å². The Morgan fingerprint density at radius 3 is 1.69 bits per heavy atom. The lowest BCUT2D eigenvalue weighted by Crippen LogP contribution is -2.34. The normalized spacial score (nSPS) is 26.4. The third-order valence-electron chi connectivity index (χ3n) is 0.937. The Labute approximate surface area is 76.7 Å². The minimum Gasteiger partial charge on any atom is -0.389 e. The lowest BCUT2D eigenvalue weighted by Gasteiger charge is -2.22. The quantitative estimate of drug-likeness (QED) is 0.441. The number of carbonyl (C=O) groups is 1. The van der Waals surface area contributed by atoms with Gasteiger partial charge in [-0.15, -0.1) is 0 Å². The molecule has 1 aliphatic rings. The zero-order chi connectivity index (χ0) is 9.40. The average Bonchev–Trinajstić information content (AvgIpc) is 2.11. The van der Waals surface area contributed by atoms with Gasteiger partial charge in [-0.1, -0.05) is 7.43 Å². The third-order valence-corrected chi connectivity index (χ3v) is 0.937. The van der Waals surface area contributed by atoms with E-state index in [-0.39, 0.29) is 27.2 Å². The summed E-state index contributed by atoms with van der Waals surface area (Å²) in [4.78, 5) is 8.92. The Morgan fingerprint density at radius 1 is 1.23 bits per heavy atom. The molecule has 1 saturated heterocycles. The van der Waals surface area contributed by atoms with Gasteiger partial charge in [-0.05, 0) is 0 Å². The van der Waals surface area contributed by atoms with Crippen LogP contribution in [0.15, 0.2) is 0 Å². The Hall–Kier alpha value is -0.530. The lowest BCUT2D eigenvalue weighted by molar-refractivity contribution is -0.263. The fraction of sp³-hybridized carbons (Fsp3) is 0.857. The number of aldehydes is 1. The number of hydrogen-bond donors (Lipinski definition) is 3. The van der Waals surface area contributed by atoms with Gasteiger partial charge in [0.25, 0.3) is 0 Å². The van der Waals surface area contributed by atoms with Crippen LogP contribution in [0.4, 0.5) is 0 Å². The van der Waals surface area contributed by atoms with Crippen LogP contribution >= 0.6 is 0 Å². The highest BCUT2D eigenvalue weighted by atomic mass is 16.7. The SMILES string of the molecule is C.O=CCO.OC1COC(O)CO1. The molecule has 0 bridgehead atoms. The first-order valence-electron chi connectivity index (χ1n) is 3.34. The maximum atomic E-state index is 8.92. The molecule has 13 heavy (non-hydrogen) atoms. The molecule has 0 aromatic heterocycles. The van der Waals surface area contributed by atoms with Crippen LogP contribution in [0.25, 0.3) is 0 Å². The summed E-state index contributed by atoms with van der Waals surface area (Å²) >= 11 is 0. The van der Waals surface area contributed by atoms with Crippen LogP contribution in [0.1, 0.15) is 7.43 Å². The van der Waals surface area contributed by atoms with E-state index in [4.69, 9.17) is 20.1 Å². The summed E-state index contributed by atoms with van der Waals surface area (Å²) in [5.41, 5.74) is 0. The molecule has 80 valence electrons. The van der Waals surface area contributed by atoms with Gasteiger partial charge in [-0.2, -0.15) is 0 Å². The van der Waals surface area contributed by atoms with Gasteiger partial charge in [0.15, 0.2) is 12.6 Å². The average molecular weight is 196 g/mol. The molecule has 0 spiro atoms. The second kappa shape index (κ2) is 9.56. The standard InChI is InChI=1S/C4H8O4.C2H4O2.CH4/c5-3-1-7-4(6)2-8-3;3-1-2-4;/h3-6H,1-2H2;1,4H,2H2;1H4. The molecule has 1 aliphatic heterocycles. The molecule has 2 atom stereocenters.